The van der Waals surface area contributed by atoms with E-state index in [2.05, 4.69) is 10.4 Å². The molecule has 1 heterocycles. The van der Waals surface area contributed by atoms with E-state index in [9.17, 15) is 9.59 Å². The Kier molecular flexibility index (Phi) is 5.56. The van der Waals surface area contributed by atoms with E-state index in [0.717, 1.165) is 0 Å². The summed E-state index contributed by atoms with van der Waals surface area (Å²) in [6.07, 6.45) is 1.47. The molecule has 2 aromatic rings. The minimum Gasteiger partial charge on any atom is -0.490 e. The molecule has 0 atom stereocenters. The number of ether oxygens (including phenoxy) is 2. The third-order valence-corrected chi connectivity index (χ3v) is 2.71. The molecule has 2 N–H and O–H groups in total. The molecule has 122 valence electrons. The molecular formula is C15H17N3O5. The van der Waals surface area contributed by atoms with Crippen LogP contribution >= 0.6 is 0 Å². The lowest BCUT2D eigenvalue weighted by molar-refractivity contribution is -0.137. The van der Waals surface area contributed by atoms with Gasteiger partial charge in [-0.3, -0.25) is 14.3 Å². The van der Waals surface area contributed by atoms with E-state index in [1.54, 1.807) is 18.2 Å². The Balaban J connectivity index is 1.88. The van der Waals surface area contributed by atoms with Gasteiger partial charge in [0.2, 0.25) is 0 Å². The van der Waals surface area contributed by atoms with E-state index < -0.39 is 11.9 Å². The quantitative estimate of drug-likeness (QED) is 0.762. The number of benzene rings is 1. The van der Waals surface area contributed by atoms with Gasteiger partial charge in [-0.05, 0) is 19.1 Å². The molecule has 0 saturated heterocycles. The molecule has 0 bridgehead atoms. The smallest absolute Gasteiger partial charge is 0.325 e. The van der Waals surface area contributed by atoms with Gasteiger partial charge in [-0.2, -0.15) is 5.10 Å². The number of hydrogen-bond acceptors (Lipinski definition) is 5. The summed E-state index contributed by atoms with van der Waals surface area (Å²) in [5.74, 6) is -0.119. The van der Waals surface area contributed by atoms with Crippen LogP contribution in [0, 0.1) is 0 Å². The first-order valence-corrected chi connectivity index (χ1v) is 6.98. The van der Waals surface area contributed by atoms with E-state index in [-0.39, 0.29) is 19.0 Å². The van der Waals surface area contributed by atoms with Crippen molar-refractivity contribution in [2.75, 3.05) is 18.5 Å². The minimum absolute atomic E-state index is 0.212. The van der Waals surface area contributed by atoms with Crippen LogP contribution in [0.2, 0.25) is 0 Å². The maximum atomic E-state index is 11.8. The zero-order valence-electron chi connectivity index (χ0n) is 12.6. The predicted molar refractivity (Wildman–Crippen MR) is 81.6 cm³/mol. The number of carbonyl (C=O) groups excluding carboxylic acids is 1. The third kappa shape index (κ3) is 5.03. The second kappa shape index (κ2) is 7.83. The fourth-order valence-electron chi connectivity index (χ4n) is 1.82. The minimum atomic E-state index is -1.01. The summed E-state index contributed by atoms with van der Waals surface area (Å²) in [7, 11) is 0. The van der Waals surface area contributed by atoms with Gasteiger partial charge in [-0.1, -0.05) is 12.1 Å². The fourth-order valence-corrected chi connectivity index (χ4v) is 1.82. The van der Waals surface area contributed by atoms with E-state index in [1.165, 1.54) is 16.9 Å². The molecule has 0 saturated carbocycles. The number of carbonyl (C=O) groups is 2. The molecule has 1 amide bonds. The number of rotatable bonds is 8. The molecule has 0 fully saturated rings. The molecule has 0 spiro atoms. The van der Waals surface area contributed by atoms with Crippen molar-refractivity contribution in [3.63, 3.8) is 0 Å². The van der Waals surface area contributed by atoms with Crippen molar-refractivity contribution in [2.24, 2.45) is 0 Å². The molecule has 0 radical (unpaired) electrons. The lowest BCUT2D eigenvalue weighted by Gasteiger charge is -2.11. The molecule has 8 heteroatoms. The Morgan fingerprint density at radius 2 is 1.91 bits per heavy atom. The van der Waals surface area contributed by atoms with Crippen molar-refractivity contribution >= 4 is 17.7 Å². The number of nitrogens with one attached hydrogen (secondary N) is 1. The molecule has 0 aliphatic heterocycles. The summed E-state index contributed by atoms with van der Waals surface area (Å²) in [6.45, 7) is 1.87. The van der Waals surface area contributed by atoms with Crippen LogP contribution in [0.15, 0.2) is 36.5 Å². The number of carboxylic acid groups (broad SMARTS) is 1. The number of carboxylic acids is 1. The van der Waals surface area contributed by atoms with Gasteiger partial charge in [0.05, 0.1) is 6.61 Å². The highest BCUT2D eigenvalue weighted by Gasteiger charge is 2.09. The van der Waals surface area contributed by atoms with Gasteiger partial charge in [0.1, 0.15) is 6.54 Å². The Morgan fingerprint density at radius 3 is 2.57 bits per heavy atom. The van der Waals surface area contributed by atoms with Gasteiger partial charge in [-0.15, -0.1) is 0 Å². The number of para-hydroxylation sites is 2. The molecule has 8 nitrogen and oxygen atoms in total. The number of hydrogen-bond donors (Lipinski definition) is 2. The molecular weight excluding hydrogens is 302 g/mol. The first-order valence-electron chi connectivity index (χ1n) is 6.98. The van der Waals surface area contributed by atoms with Gasteiger partial charge in [0.25, 0.3) is 5.91 Å². The summed E-state index contributed by atoms with van der Waals surface area (Å²) in [5.41, 5.74) is 0. The zero-order chi connectivity index (χ0) is 16.7. The van der Waals surface area contributed by atoms with Crippen molar-refractivity contribution in [3.05, 3.63) is 36.5 Å². The normalized spacial score (nSPS) is 10.1. The third-order valence-electron chi connectivity index (χ3n) is 2.71. The van der Waals surface area contributed by atoms with Crippen LogP contribution in [-0.2, 0) is 16.1 Å². The fraction of sp³-hybridized carbons (Fsp3) is 0.267. The van der Waals surface area contributed by atoms with Crippen LogP contribution in [0.3, 0.4) is 0 Å². The van der Waals surface area contributed by atoms with Gasteiger partial charge >= 0.3 is 5.97 Å². The van der Waals surface area contributed by atoms with Crippen LogP contribution in [-0.4, -0.2) is 40.0 Å². The van der Waals surface area contributed by atoms with Gasteiger partial charge in [-0.25, -0.2) is 0 Å². The van der Waals surface area contributed by atoms with Crippen molar-refractivity contribution in [3.8, 4) is 11.5 Å². The van der Waals surface area contributed by atoms with Crippen LogP contribution in [0.25, 0.3) is 0 Å². The second-order valence-corrected chi connectivity index (χ2v) is 4.51. The number of anilines is 1. The molecule has 0 aliphatic carbocycles. The summed E-state index contributed by atoms with van der Waals surface area (Å²) in [6, 6.07) is 8.56. The second-order valence-electron chi connectivity index (χ2n) is 4.51. The molecule has 1 aromatic heterocycles. The van der Waals surface area contributed by atoms with Gasteiger partial charge < -0.3 is 19.9 Å². The van der Waals surface area contributed by atoms with Crippen molar-refractivity contribution in [1.82, 2.24) is 9.78 Å². The van der Waals surface area contributed by atoms with Crippen LogP contribution in [0.5, 0.6) is 11.5 Å². The molecule has 0 aliphatic rings. The van der Waals surface area contributed by atoms with Crippen LogP contribution in [0.4, 0.5) is 5.82 Å². The van der Waals surface area contributed by atoms with Gasteiger partial charge in [0.15, 0.2) is 23.9 Å². The lowest BCUT2D eigenvalue weighted by atomic mass is 10.3. The molecule has 0 unspecified atom stereocenters. The van der Waals surface area contributed by atoms with Crippen molar-refractivity contribution in [2.45, 2.75) is 13.5 Å². The number of amides is 1. The van der Waals surface area contributed by atoms with Crippen molar-refractivity contribution < 1.29 is 24.2 Å². The summed E-state index contributed by atoms with van der Waals surface area (Å²) in [5, 5.41) is 15.1. The molecule has 2 rings (SSSR count). The van der Waals surface area contributed by atoms with E-state index >= 15 is 0 Å². The number of aliphatic carboxylic acids is 1. The number of nitrogens with zero attached hydrogens (tertiary/aromatic N) is 2. The Bertz CT molecular complexity index is 683. The monoisotopic (exact) mass is 319 g/mol. The average Bonchev–Trinajstić information content (AvgIpc) is 2.93. The lowest BCUT2D eigenvalue weighted by Crippen LogP contribution is -2.21. The molecule has 1 aromatic carbocycles. The highest BCUT2D eigenvalue weighted by Crippen LogP contribution is 2.26. The highest BCUT2D eigenvalue weighted by molar-refractivity contribution is 5.90. The Hall–Kier alpha value is -3.03. The summed E-state index contributed by atoms with van der Waals surface area (Å²) in [4.78, 5) is 22.4. The maximum absolute atomic E-state index is 11.8. The zero-order valence-corrected chi connectivity index (χ0v) is 12.6. The van der Waals surface area contributed by atoms with Crippen LogP contribution < -0.4 is 14.8 Å². The standard InChI is InChI=1S/C15H17N3O5/c1-2-22-11-5-3-4-6-12(11)23-10-14(19)16-13-7-8-18(17-13)9-15(20)21/h3-8H,2,9-10H2,1H3,(H,20,21)(H,16,17,19). The van der Waals surface area contributed by atoms with Crippen molar-refractivity contribution in [1.29, 1.82) is 0 Å². The first-order chi connectivity index (χ1) is 11.1. The summed E-state index contributed by atoms with van der Waals surface area (Å²) < 4.78 is 12.0. The van der Waals surface area contributed by atoms with Gasteiger partial charge in [0, 0.05) is 12.3 Å². The Labute approximate surface area is 132 Å². The first kappa shape index (κ1) is 16.3. The molecule has 23 heavy (non-hydrogen) atoms. The number of aromatic nitrogens is 2. The Morgan fingerprint density at radius 1 is 1.22 bits per heavy atom. The highest BCUT2D eigenvalue weighted by atomic mass is 16.5. The predicted octanol–water partition coefficient (Wildman–Crippen LogP) is 1.38. The SMILES string of the molecule is CCOc1ccccc1OCC(=O)Nc1ccn(CC(=O)O)n1. The maximum Gasteiger partial charge on any atom is 0.325 e. The van der Waals surface area contributed by atoms with E-state index in [4.69, 9.17) is 14.6 Å². The van der Waals surface area contributed by atoms with E-state index in [1.807, 2.05) is 13.0 Å². The largest absolute Gasteiger partial charge is 0.490 e. The van der Waals surface area contributed by atoms with E-state index in [0.29, 0.717) is 18.1 Å². The van der Waals surface area contributed by atoms with Crippen LogP contribution in [0.1, 0.15) is 6.92 Å². The average molecular weight is 319 g/mol. The topological polar surface area (TPSA) is 103 Å². The summed E-state index contributed by atoms with van der Waals surface area (Å²) >= 11 is 0.